The summed E-state index contributed by atoms with van der Waals surface area (Å²) in [6.45, 7) is 4.08. The van der Waals surface area contributed by atoms with E-state index in [0.29, 0.717) is 48.5 Å². The van der Waals surface area contributed by atoms with Gasteiger partial charge in [-0.15, -0.1) is 6.42 Å². The highest BCUT2D eigenvalue weighted by Crippen LogP contribution is 2.58. The number of ether oxygens (including phenoxy) is 4. The summed E-state index contributed by atoms with van der Waals surface area (Å²) >= 11 is 0. The van der Waals surface area contributed by atoms with Crippen LogP contribution in [0, 0.1) is 18.3 Å². The van der Waals surface area contributed by atoms with E-state index in [-0.39, 0.29) is 17.1 Å². The first-order valence-corrected chi connectivity index (χ1v) is 15.1. The van der Waals surface area contributed by atoms with Gasteiger partial charge in [-0.25, -0.2) is 14.8 Å². The Balaban J connectivity index is 1.06. The van der Waals surface area contributed by atoms with E-state index in [1.54, 1.807) is 32.5 Å². The van der Waals surface area contributed by atoms with E-state index < -0.39 is 5.97 Å². The van der Waals surface area contributed by atoms with E-state index in [1.165, 1.54) is 6.07 Å². The number of carboxylic acids is 1. The van der Waals surface area contributed by atoms with E-state index in [0.717, 1.165) is 67.3 Å². The number of benzene rings is 2. The molecule has 1 aliphatic carbocycles. The fourth-order valence-electron chi connectivity index (χ4n) is 6.66. The molecule has 1 N–H and O–H groups in total. The third-order valence-electron chi connectivity index (χ3n) is 9.40. The van der Waals surface area contributed by atoms with E-state index in [1.807, 2.05) is 18.2 Å². The third kappa shape index (κ3) is 5.45. The highest BCUT2D eigenvalue weighted by atomic mass is 16.5. The molecular weight excluding hydrogens is 574 g/mol. The second-order valence-corrected chi connectivity index (χ2v) is 12.0. The van der Waals surface area contributed by atoms with Crippen LogP contribution in [0.5, 0.6) is 17.4 Å². The second-order valence-electron chi connectivity index (χ2n) is 12.0. The molecule has 3 atom stereocenters. The van der Waals surface area contributed by atoms with Gasteiger partial charge in [0, 0.05) is 42.0 Å². The molecule has 1 saturated carbocycles. The normalized spacial score (nSPS) is 22.2. The zero-order valence-corrected chi connectivity index (χ0v) is 25.4. The van der Waals surface area contributed by atoms with E-state index >= 15 is 0 Å². The van der Waals surface area contributed by atoms with Crippen molar-refractivity contribution in [3.8, 4) is 29.7 Å². The molecule has 3 unspecified atom stereocenters. The number of imidazole rings is 1. The topological polar surface area (TPSA) is 121 Å². The van der Waals surface area contributed by atoms with Crippen LogP contribution in [0.4, 0.5) is 0 Å². The smallest absolute Gasteiger partial charge is 0.335 e. The number of terminal acetylenes is 1. The second kappa shape index (κ2) is 11.7. The maximum Gasteiger partial charge on any atom is 0.335 e. The van der Waals surface area contributed by atoms with Crippen molar-refractivity contribution < 1.29 is 28.8 Å². The number of aromatic carboxylic acids is 1. The quantitative estimate of drug-likeness (QED) is 0.249. The fourth-order valence-corrected chi connectivity index (χ4v) is 6.66. The fraction of sp³-hybridized carbons (Fsp3) is 0.412. The highest BCUT2D eigenvalue weighted by Gasteiger charge is 2.59. The molecule has 2 aromatic heterocycles. The summed E-state index contributed by atoms with van der Waals surface area (Å²) in [6.07, 6.45) is 10.3. The molecule has 3 fully saturated rings. The lowest BCUT2D eigenvalue weighted by Gasteiger charge is -2.31. The lowest BCUT2D eigenvalue weighted by Crippen LogP contribution is -2.38. The number of carbonyl (C=O) groups is 1. The molecule has 0 amide bonds. The van der Waals surface area contributed by atoms with Gasteiger partial charge in [0.1, 0.15) is 35.3 Å². The van der Waals surface area contributed by atoms with Gasteiger partial charge < -0.3 is 28.6 Å². The standard InChI is InChI=1S/C34H35N5O6/c1-4-21-5-6-22(27(13-21)42-2)20-45-30-7-10-35-33(37-30)34-9-11-38(17-24(34)16-34)19-29-36-31-26(39(29)18-25-8-12-44-25)14-23(32(40)41)15-28(31)43-3/h1,5-7,10,13-15,24-25H,8-9,11-12,16-20H2,2-3H3,(H,40,41). The molecule has 4 aromatic rings. The highest BCUT2D eigenvalue weighted by molar-refractivity contribution is 5.95. The predicted molar refractivity (Wildman–Crippen MR) is 165 cm³/mol. The number of methoxy groups -OCH3 is 2. The van der Waals surface area contributed by atoms with Gasteiger partial charge >= 0.3 is 5.97 Å². The van der Waals surface area contributed by atoms with Crippen LogP contribution < -0.4 is 14.2 Å². The van der Waals surface area contributed by atoms with Crippen LogP contribution in [0.3, 0.4) is 0 Å². The zero-order valence-electron chi connectivity index (χ0n) is 25.4. The summed E-state index contributed by atoms with van der Waals surface area (Å²) in [5.74, 6) is 5.45. The molecule has 2 saturated heterocycles. The minimum absolute atomic E-state index is 0.0540. The molecule has 7 rings (SSSR count). The summed E-state index contributed by atoms with van der Waals surface area (Å²) in [7, 11) is 3.16. The average Bonchev–Trinajstić information content (AvgIpc) is 3.68. The van der Waals surface area contributed by atoms with Crippen LogP contribution in [-0.4, -0.2) is 75.5 Å². The van der Waals surface area contributed by atoms with Gasteiger partial charge in [0.15, 0.2) is 0 Å². The van der Waals surface area contributed by atoms with Crippen LogP contribution in [0.1, 0.15) is 52.4 Å². The Bertz CT molecular complexity index is 1810. The first kappa shape index (κ1) is 29.1. The lowest BCUT2D eigenvalue weighted by molar-refractivity contribution is -0.0592. The van der Waals surface area contributed by atoms with Crippen molar-refractivity contribution in [3.63, 3.8) is 0 Å². The maximum absolute atomic E-state index is 11.8. The van der Waals surface area contributed by atoms with Crippen LogP contribution in [0.25, 0.3) is 11.0 Å². The number of fused-ring (bicyclic) bond motifs is 2. The summed E-state index contributed by atoms with van der Waals surface area (Å²) in [4.78, 5) is 28.8. The molecule has 232 valence electrons. The van der Waals surface area contributed by atoms with Crippen LogP contribution >= 0.6 is 0 Å². The number of nitrogens with zero attached hydrogens (tertiary/aromatic N) is 5. The van der Waals surface area contributed by atoms with E-state index in [4.69, 9.17) is 35.3 Å². The lowest BCUT2D eigenvalue weighted by atomic mass is 9.94. The van der Waals surface area contributed by atoms with Gasteiger partial charge in [0.25, 0.3) is 0 Å². The number of rotatable bonds is 11. The van der Waals surface area contributed by atoms with Crippen LogP contribution in [-0.2, 0) is 29.8 Å². The molecule has 45 heavy (non-hydrogen) atoms. The number of piperidine rings is 1. The minimum atomic E-state index is -0.999. The first-order chi connectivity index (χ1) is 21.9. The van der Waals surface area contributed by atoms with Gasteiger partial charge in [-0.05, 0) is 56.0 Å². The largest absolute Gasteiger partial charge is 0.496 e. The summed E-state index contributed by atoms with van der Waals surface area (Å²) in [5.41, 5.74) is 3.19. The molecular formula is C34H35N5O6. The molecule has 2 aromatic carbocycles. The molecule has 11 heteroatoms. The number of hydrogen-bond donors (Lipinski definition) is 1. The molecule has 0 radical (unpaired) electrons. The molecule has 11 nitrogen and oxygen atoms in total. The van der Waals surface area contributed by atoms with Crippen LogP contribution in [0.15, 0.2) is 42.6 Å². The Morgan fingerprint density at radius 1 is 1.18 bits per heavy atom. The van der Waals surface area contributed by atoms with Gasteiger partial charge in [0.05, 0.1) is 44.5 Å². The van der Waals surface area contributed by atoms with Gasteiger partial charge in [-0.3, -0.25) is 4.90 Å². The SMILES string of the molecule is C#Cc1ccc(COc2ccnc(C34CCN(Cc5nc6c(OC)cc(C(=O)O)cc6n5CC5CCO5)CC3C4)n2)c(OC)c1. The number of aromatic nitrogens is 4. The van der Waals surface area contributed by atoms with Gasteiger partial charge in [-0.2, -0.15) is 4.98 Å². The van der Waals surface area contributed by atoms with E-state index in [2.05, 4.69) is 20.4 Å². The summed E-state index contributed by atoms with van der Waals surface area (Å²) in [5, 5.41) is 9.71. The van der Waals surface area contributed by atoms with Crippen molar-refractivity contribution in [1.29, 1.82) is 0 Å². The molecule has 0 spiro atoms. The number of likely N-dealkylation sites (tertiary alicyclic amines) is 1. The molecule has 4 heterocycles. The summed E-state index contributed by atoms with van der Waals surface area (Å²) < 4.78 is 25.0. The van der Waals surface area contributed by atoms with Crippen LogP contribution in [0.2, 0.25) is 0 Å². The van der Waals surface area contributed by atoms with E-state index in [9.17, 15) is 9.90 Å². The van der Waals surface area contributed by atoms with Crippen molar-refractivity contribution in [2.45, 2.75) is 50.5 Å². The predicted octanol–water partition coefficient (Wildman–Crippen LogP) is 4.05. The third-order valence-corrected chi connectivity index (χ3v) is 9.40. The van der Waals surface area contributed by atoms with Gasteiger partial charge in [-0.1, -0.05) is 12.0 Å². The first-order valence-electron chi connectivity index (χ1n) is 15.1. The Labute approximate surface area is 261 Å². The maximum atomic E-state index is 11.8. The van der Waals surface area contributed by atoms with Crippen molar-refractivity contribution in [2.75, 3.05) is 33.9 Å². The summed E-state index contributed by atoms with van der Waals surface area (Å²) in [6, 6.07) is 10.6. The van der Waals surface area contributed by atoms with Crippen molar-refractivity contribution in [1.82, 2.24) is 24.4 Å². The van der Waals surface area contributed by atoms with Gasteiger partial charge in [0.2, 0.25) is 5.88 Å². The molecule has 0 bridgehead atoms. The zero-order chi connectivity index (χ0) is 31.1. The number of hydrogen-bond acceptors (Lipinski definition) is 9. The Hall–Kier alpha value is -4.66. The van der Waals surface area contributed by atoms with Crippen molar-refractivity contribution in [2.24, 2.45) is 5.92 Å². The average molecular weight is 610 g/mol. The monoisotopic (exact) mass is 609 g/mol. The Morgan fingerprint density at radius 3 is 2.73 bits per heavy atom. The molecule has 2 aliphatic heterocycles. The number of carboxylic acid groups (broad SMARTS) is 1. The molecule has 3 aliphatic rings. The Morgan fingerprint density at radius 2 is 2.02 bits per heavy atom. The van der Waals surface area contributed by atoms with Crippen molar-refractivity contribution >= 4 is 17.0 Å². The minimum Gasteiger partial charge on any atom is -0.496 e. The Kier molecular flexibility index (Phi) is 7.55. The van der Waals surface area contributed by atoms with Crippen molar-refractivity contribution in [3.05, 3.63) is 70.9 Å².